The molecule has 2 aromatic heterocycles. The van der Waals surface area contributed by atoms with Gasteiger partial charge in [-0.15, -0.1) is 0 Å². The van der Waals surface area contributed by atoms with E-state index in [2.05, 4.69) is 508 Å². The van der Waals surface area contributed by atoms with E-state index in [0.717, 1.165) is 60.0 Å². The van der Waals surface area contributed by atoms with Crippen molar-refractivity contribution in [3.8, 4) is 89.0 Å². The van der Waals surface area contributed by atoms with E-state index in [4.69, 9.17) is 9.97 Å². The second-order valence-electron chi connectivity index (χ2n) is 39.0. The Labute approximate surface area is 820 Å². The van der Waals surface area contributed by atoms with Crippen LogP contribution in [0.1, 0.15) is 0 Å². The molecule has 0 spiro atoms. The summed E-state index contributed by atoms with van der Waals surface area (Å²) in [5.74, 6) is 0. The van der Waals surface area contributed by atoms with E-state index in [1.165, 1.54) is 191 Å². The summed E-state index contributed by atoms with van der Waals surface area (Å²) in [7, 11) is -2.38. The quantitative estimate of drug-likeness (QED) is 0.0695. The average molecular weight is 1870 g/mol. The molecule has 7 heteroatoms. The Bertz CT molecular complexity index is 9140. The molecule has 23 aromatic carbocycles. The fourth-order valence-electron chi connectivity index (χ4n) is 20.8. The van der Waals surface area contributed by atoms with Gasteiger partial charge in [0.25, 0.3) is 0 Å². The van der Waals surface area contributed by atoms with Crippen LogP contribution in [-0.4, -0.2) is 82.2 Å². The normalized spacial score (nSPS) is 12.0. The molecule has 25 aromatic rings. The van der Waals surface area contributed by atoms with Crippen molar-refractivity contribution in [1.82, 2.24) is 9.97 Å². The summed E-state index contributed by atoms with van der Waals surface area (Å²) >= 11 is 0. The molecule has 0 fully saturated rings. The lowest BCUT2D eigenvalue weighted by molar-refractivity contribution is 0.588. The Balaban J connectivity index is 0.000000108. The fourth-order valence-corrected chi connectivity index (χ4v) is 24.6. The zero-order valence-electron chi connectivity index (χ0n) is 80.1. The van der Waals surface area contributed by atoms with Crippen LogP contribution in [0.15, 0.2) is 461 Å². The lowest BCUT2D eigenvalue weighted by Gasteiger charge is -2.19. The number of benzene rings is 23. The molecule has 0 radical (unpaired) electrons. The second kappa shape index (κ2) is 37.0. The third-order valence-electron chi connectivity index (χ3n) is 27.8. The average Bonchev–Trinajstić information content (AvgIpc) is 0.803. The number of pyridine rings is 2. The second-order valence-corrected chi connectivity index (χ2v) is 53.9. The molecular weight excluding hydrogens is 1770 g/mol. The van der Waals surface area contributed by atoms with Gasteiger partial charge < -0.3 is 4.57 Å². The first-order chi connectivity index (χ1) is 68.0. The van der Waals surface area contributed by atoms with Crippen LogP contribution in [0.4, 0.5) is 0 Å². The molecule has 0 saturated heterocycles. The first-order valence-electron chi connectivity index (χ1n) is 47.9. The topological polar surface area (TPSA) is 42.9 Å². The molecule has 0 bridgehead atoms. The smallest absolute Gasteiger partial charge is 0.109 e. The minimum absolute atomic E-state index is 0.898. The number of nitrogens with zero attached hydrogens (tertiary/aromatic N) is 2. The molecular formula is C133H106N2OP4. The Hall–Kier alpha value is -15.1. The predicted molar refractivity (Wildman–Crippen MR) is 628 cm³/mol. The number of hydrogen-bond donors (Lipinski definition) is 0. The molecule has 0 atom stereocenters. The SMILES string of the molecule is C=P(C)(C)c1ccc(-c2c3ccccc3c(-c3ccc(-c4ccccc4)cc3)c3ccccc23)cc1.C=P(C)(C)c1ccc(-c2c3ccccc3c(-c3cccc4ccccc34)c3ccccc23)cc1.C=P(C)(C)c1ccc(-c2cccc(-c3c4ccc5ccccc5c4nc4c3ccc3ccccc34)c2)cc1.CP(C)(=O)c1cccc(-c2c3ccc4ccccc4c3nc3c2ccc2ccccc23)c1. The van der Waals surface area contributed by atoms with Crippen LogP contribution in [0.25, 0.3) is 230 Å². The van der Waals surface area contributed by atoms with Gasteiger partial charge in [0.2, 0.25) is 0 Å². The van der Waals surface area contributed by atoms with E-state index < -0.39 is 27.8 Å². The van der Waals surface area contributed by atoms with E-state index in [-0.39, 0.29) is 0 Å². The summed E-state index contributed by atoms with van der Waals surface area (Å²) in [6.07, 6.45) is 13.3. The van der Waals surface area contributed by atoms with E-state index in [1.54, 1.807) is 0 Å². The zero-order valence-corrected chi connectivity index (χ0v) is 83.7. The predicted octanol–water partition coefficient (Wildman–Crippen LogP) is 35.1. The van der Waals surface area contributed by atoms with Crippen molar-refractivity contribution in [2.75, 3.05) is 53.3 Å². The van der Waals surface area contributed by atoms with E-state index >= 15 is 0 Å². The number of rotatable bonds is 12. The molecule has 0 N–H and O–H groups in total. The molecule has 0 saturated carbocycles. The van der Waals surface area contributed by atoms with Crippen molar-refractivity contribution < 1.29 is 4.57 Å². The molecule has 0 aliphatic carbocycles. The lowest BCUT2D eigenvalue weighted by Crippen LogP contribution is -2.03. The Morgan fingerprint density at radius 3 is 0.736 bits per heavy atom. The third-order valence-corrected chi connectivity index (χ3v) is 34.5. The van der Waals surface area contributed by atoms with E-state index in [9.17, 15) is 4.57 Å². The zero-order chi connectivity index (χ0) is 95.7. The van der Waals surface area contributed by atoms with Crippen molar-refractivity contribution in [3.63, 3.8) is 0 Å². The molecule has 0 amide bonds. The first kappa shape index (κ1) is 90.0. The largest absolute Gasteiger partial charge is 0.319 e. The molecule has 674 valence electrons. The van der Waals surface area contributed by atoms with Gasteiger partial charge in [-0.25, -0.2) is 9.97 Å². The number of fused-ring (bicyclic) bond motifs is 17. The Morgan fingerprint density at radius 2 is 0.393 bits per heavy atom. The van der Waals surface area contributed by atoms with Gasteiger partial charge in [-0.3, -0.25) is 0 Å². The molecule has 0 aliphatic rings. The summed E-state index contributed by atoms with van der Waals surface area (Å²) in [5, 5.41) is 31.9. The van der Waals surface area contributed by atoms with Crippen LogP contribution in [-0.2, 0) is 4.57 Å². The van der Waals surface area contributed by atoms with Crippen LogP contribution in [0.5, 0.6) is 0 Å². The van der Waals surface area contributed by atoms with Gasteiger partial charge in [0.1, 0.15) is 7.14 Å². The summed E-state index contributed by atoms with van der Waals surface area (Å²) in [4.78, 5) is 10.6. The van der Waals surface area contributed by atoms with Crippen molar-refractivity contribution in [2.24, 2.45) is 0 Å². The Morgan fingerprint density at radius 1 is 0.164 bits per heavy atom. The van der Waals surface area contributed by atoms with Crippen molar-refractivity contribution in [1.29, 1.82) is 0 Å². The highest BCUT2D eigenvalue weighted by atomic mass is 31.2. The van der Waals surface area contributed by atoms with E-state index in [1.807, 2.05) is 25.5 Å². The minimum atomic E-state index is -2.38. The van der Waals surface area contributed by atoms with Gasteiger partial charge >= 0.3 is 0 Å². The first-order valence-corrected chi connectivity index (χ1v) is 59.1. The van der Waals surface area contributed by atoms with Crippen LogP contribution in [0.3, 0.4) is 0 Å². The number of hydrogen-bond acceptors (Lipinski definition) is 3. The maximum absolute atomic E-state index is 12.9. The monoisotopic (exact) mass is 1870 g/mol. The highest BCUT2D eigenvalue weighted by Gasteiger charge is 2.25. The standard InChI is InChI=1S/C36H28NP.C35H29P.C33H27P.C29H22NOP/c1-38(2,3)29-19-15-24(16-20-29)27-11-8-12-28(23-27)34-32-21-17-25-9-4-6-13-30(25)35(32)37-36-31-14-7-5-10-26(31)18-22-33(34)36;1-36(2,3)29-23-21-28(22-24-29)35-32-15-9-7-13-30(32)34(31-14-8-10-16-33(31)35)27-19-17-26(18-20-27)25-11-5-4-6-12-25;1-34(2,3)25-21-19-24(20-22-25)32-28-14-6-8-16-30(28)33(31-17-9-7-15-29(31)32)27-18-10-12-23-11-4-5-13-26(23)27;1-32(2,31)22-11-7-10-21(18-22)27-25-16-14-19-8-3-5-12-23(19)28(25)30-29-24-13-6-4-9-20(24)15-17-26(27)29/h4-23H,1H2,2-3H3;4-24H,1H2,2-3H3;4-22H,1H2,2-3H3;3-18H,1-2H3. The van der Waals surface area contributed by atoms with Gasteiger partial charge in [-0.1, -0.05) is 488 Å². The summed E-state index contributed by atoms with van der Waals surface area (Å²) in [6, 6.07) is 166. The molecule has 3 nitrogen and oxygen atoms in total. The fraction of sp³-hybridized carbons (Fsp3) is 0.0602. The highest BCUT2D eigenvalue weighted by molar-refractivity contribution is 7.80. The van der Waals surface area contributed by atoms with Gasteiger partial charge in [0, 0.05) is 59.5 Å². The third kappa shape index (κ3) is 17.2. The van der Waals surface area contributed by atoms with Crippen molar-refractivity contribution >= 4 is 208 Å². The van der Waals surface area contributed by atoms with Crippen molar-refractivity contribution in [2.45, 2.75) is 0 Å². The highest BCUT2D eigenvalue weighted by Crippen LogP contribution is 2.51. The van der Waals surface area contributed by atoms with Crippen LogP contribution in [0, 0.1) is 0 Å². The summed E-state index contributed by atoms with van der Waals surface area (Å²) in [6.45, 7) is 13.4. The molecule has 0 aliphatic heterocycles. The van der Waals surface area contributed by atoms with Gasteiger partial charge in [-0.05, 0) is 235 Å². The lowest BCUT2D eigenvalue weighted by atomic mass is 9.85. The van der Waals surface area contributed by atoms with Crippen LogP contribution < -0.4 is 21.2 Å². The van der Waals surface area contributed by atoms with Crippen LogP contribution >= 0.6 is 27.8 Å². The van der Waals surface area contributed by atoms with Gasteiger partial charge in [0.15, 0.2) is 0 Å². The maximum atomic E-state index is 12.9. The minimum Gasteiger partial charge on any atom is -0.319 e. The van der Waals surface area contributed by atoms with Gasteiger partial charge in [-0.2, -0.15) is 0 Å². The van der Waals surface area contributed by atoms with Gasteiger partial charge in [0.05, 0.1) is 22.1 Å². The molecule has 140 heavy (non-hydrogen) atoms. The van der Waals surface area contributed by atoms with Crippen LogP contribution in [0.2, 0.25) is 0 Å². The number of aromatic nitrogens is 2. The Kier molecular flexibility index (Phi) is 23.8. The summed E-state index contributed by atoms with van der Waals surface area (Å²) in [5.41, 5.74) is 24.0. The molecule has 0 unspecified atom stereocenters. The molecule has 25 rings (SSSR count). The molecule has 2 heterocycles. The maximum Gasteiger partial charge on any atom is 0.109 e. The summed E-state index contributed by atoms with van der Waals surface area (Å²) < 4.78 is 12.9. The van der Waals surface area contributed by atoms with Crippen molar-refractivity contribution in [3.05, 3.63) is 461 Å². The van der Waals surface area contributed by atoms with E-state index in [0.29, 0.717) is 0 Å².